The monoisotopic (exact) mass is 274 g/mol. The third-order valence-electron chi connectivity index (χ3n) is 2.78. The van der Waals surface area contributed by atoms with Crippen molar-refractivity contribution in [3.8, 4) is 0 Å². The fourth-order valence-electron chi connectivity index (χ4n) is 1.77. The molecule has 2 heterocycles. The number of nitrogens with one attached hydrogen (secondary N) is 1. The number of hydrogen-bond acceptors (Lipinski definition) is 4. The number of anilines is 1. The second-order valence-corrected chi connectivity index (χ2v) is 4.16. The van der Waals surface area contributed by atoms with Gasteiger partial charge in [-0.2, -0.15) is 5.10 Å². The van der Waals surface area contributed by atoms with Crippen LogP contribution < -0.4 is 5.32 Å². The second-order valence-electron chi connectivity index (χ2n) is 4.16. The zero-order valence-corrected chi connectivity index (χ0v) is 11.1. The Bertz CT molecular complexity index is 663. The van der Waals surface area contributed by atoms with E-state index in [4.69, 9.17) is 5.11 Å². The quantitative estimate of drug-likeness (QED) is 0.876. The molecule has 1 amide bonds. The van der Waals surface area contributed by atoms with E-state index in [9.17, 15) is 9.59 Å². The first-order chi connectivity index (χ1) is 9.52. The van der Waals surface area contributed by atoms with Crippen molar-refractivity contribution < 1.29 is 14.7 Å². The van der Waals surface area contributed by atoms with Crippen LogP contribution in [0.2, 0.25) is 0 Å². The van der Waals surface area contributed by atoms with Crippen LogP contribution in [-0.2, 0) is 13.5 Å². The first-order valence-electron chi connectivity index (χ1n) is 6.05. The Hall–Kier alpha value is -2.70. The number of carbonyl (C=O) groups is 2. The van der Waals surface area contributed by atoms with Crippen LogP contribution in [0.1, 0.15) is 33.6 Å². The van der Waals surface area contributed by atoms with E-state index < -0.39 is 11.9 Å². The van der Waals surface area contributed by atoms with Gasteiger partial charge >= 0.3 is 5.97 Å². The van der Waals surface area contributed by atoms with Gasteiger partial charge in [0.2, 0.25) is 0 Å². The number of carboxylic acids is 1. The summed E-state index contributed by atoms with van der Waals surface area (Å²) in [6.45, 7) is 1.94. The average molecular weight is 274 g/mol. The van der Waals surface area contributed by atoms with Crippen molar-refractivity contribution in [2.24, 2.45) is 7.05 Å². The minimum absolute atomic E-state index is 0.157. The molecule has 0 bridgehead atoms. The minimum Gasteiger partial charge on any atom is -0.476 e. The van der Waals surface area contributed by atoms with E-state index in [1.807, 2.05) is 6.92 Å². The fourth-order valence-corrected chi connectivity index (χ4v) is 1.77. The highest BCUT2D eigenvalue weighted by Crippen LogP contribution is 2.14. The molecule has 0 fully saturated rings. The molecule has 7 nitrogen and oxygen atoms in total. The second kappa shape index (κ2) is 5.52. The third-order valence-corrected chi connectivity index (χ3v) is 2.78. The molecule has 0 spiro atoms. The van der Waals surface area contributed by atoms with Crippen molar-refractivity contribution in [3.05, 3.63) is 41.5 Å². The van der Waals surface area contributed by atoms with E-state index in [2.05, 4.69) is 15.4 Å². The fraction of sp³-hybridized carbons (Fsp3) is 0.231. The summed E-state index contributed by atoms with van der Waals surface area (Å²) in [6, 6.07) is 4.72. The van der Waals surface area contributed by atoms with Crippen molar-refractivity contribution in [1.29, 1.82) is 0 Å². The highest BCUT2D eigenvalue weighted by Gasteiger charge is 2.17. The maximum absolute atomic E-state index is 12.1. The van der Waals surface area contributed by atoms with Crippen molar-refractivity contribution in [2.45, 2.75) is 13.3 Å². The molecule has 7 heteroatoms. The van der Waals surface area contributed by atoms with E-state index in [0.29, 0.717) is 12.1 Å². The number of aryl methyl sites for hydroxylation is 2. The number of amides is 1. The lowest BCUT2D eigenvalue weighted by Crippen LogP contribution is -2.18. The van der Waals surface area contributed by atoms with Gasteiger partial charge in [0.1, 0.15) is 5.69 Å². The lowest BCUT2D eigenvalue weighted by molar-refractivity contribution is 0.0692. The lowest BCUT2D eigenvalue weighted by Gasteiger charge is -2.07. The van der Waals surface area contributed by atoms with Crippen LogP contribution in [0, 0.1) is 0 Å². The smallest absolute Gasteiger partial charge is 0.356 e. The molecule has 0 saturated carbocycles. The number of pyridine rings is 1. The lowest BCUT2D eigenvalue weighted by atomic mass is 10.2. The van der Waals surface area contributed by atoms with Crippen molar-refractivity contribution in [1.82, 2.24) is 14.8 Å². The molecular weight excluding hydrogens is 260 g/mol. The predicted octanol–water partition coefficient (Wildman–Crippen LogP) is 1.33. The minimum atomic E-state index is -1.19. The molecule has 0 saturated heterocycles. The Kier molecular flexibility index (Phi) is 3.79. The topological polar surface area (TPSA) is 97.1 Å². The third kappa shape index (κ3) is 2.66. The highest BCUT2D eigenvalue weighted by atomic mass is 16.4. The molecule has 2 aromatic heterocycles. The van der Waals surface area contributed by atoms with Gasteiger partial charge in [-0.25, -0.2) is 9.78 Å². The number of hydrogen-bond donors (Lipinski definition) is 2. The molecule has 0 atom stereocenters. The van der Waals surface area contributed by atoms with Crippen molar-refractivity contribution in [3.63, 3.8) is 0 Å². The van der Waals surface area contributed by atoms with Gasteiger partial charge < -0.3 is 10.4 Å². The van der Waals surface area contributed by atoms with Gasteiger partial charge in [-0.05, 0) is 24.6 Å². The molecule has 20 heavy (non-hydrogen) atoms. The van der Waals surface area contributed by atoms with Gasteiger partial charge in [0.15, 0.2) is 5.69 Å². The largest absolute Gasteiger partial charge is 0.476 e. The average Bonchev–Trinajstić information content (AvgIpc) is 2.80. The molecule has 0 aliphatic heterocycles. The molecule has 2 aromatic rings. The summed E-state index contributed by atoms with van der Waals surface area (Å²) in [7, 11) is 1.66. The van der Waals surface area contributed by atoms with E-state index in [1.165, 1.54) is 16.9 Å². The van der Waals surface area contributed by atoms with Crippen LogP contribution in [-0.4, -0.2) is 31.7 Å². The molecule has 0 aliphatic rings. The number of nitrogens with zero attached hydrogens (tertiary/aromatic N) is 3. The SMILES string of the molecule is CCc1cc(C(=O)Nc2cccnc2C(=O)O)n(C)n1. The Morgan fingerprint density at radius 2 is 2.20 bits per heavy atom. The van der Waals surface area contributed by atoms with Crippen LogP contribution in [0.5, 0.6) is 0 Å². The molecule has 104 valence electrons. The maximum Gasteiger partial charge on any atom is 0.356 e. The van der Waals surface area contributed by atoms with E-state index in [-0.39, 0.29) is 11.4 Å². The van der Waals surface area contributed by atoms with E-state index in [1.54, 1.807) is 19.2 Å². The molecule has 0 radical (unpaired) electrons. The zero-order chi connectivity index (χ0) is 14.7. The van der Waals surface area contributed by atoms with Gasteiger partial charge in [0.25, 0.3) is 5.91 Å². The first-order valence-corrected chi connectivity index (χ1v) is 6.05. The van der Waals surface area contributed by atoms with Gasteiger partial charge in [-0.15, -0.1) is 0 Å². The highest BCUT2D eigenvalue weighted by molar-refractivity contribution is 6.06. The summed E-state index contributed by atoms with van der Waals surface area (Å²) in [5, 5.41) is 15.7. The molecule has 2 rings (SSSR count). The van der Waals surface area contributed by atoms with E-state index in [0.717, 1.165) is 5.69 Å². The summed E-state index contributed by atoms with van der Waals surface area (Å²) in [5.41, 5.74) is 1.12. The van der Waals surface area contributed by atoms with Gasteiger partial charge in [0.05, 0.1) is 11.4 Å². The molecule has 0 aromatic carbocycles. The summed E-state index contributed by atoms with van der Waals surface area (Å²) >= 11 is 0. The Balaban J connectivity index is 2.28. The van der Waals surface area contributed by atoms with Crippen LogP contribution in [0.25, 0.3) is 0 Å². The Morgan fingerprint density at radius 3 is 2.80 bits per heavy atom. The summed E-state index contributed by atoms with van der Waals surface area (Å²) in [5.74, 6) is -1.62. The van der Waals surface area contributed by atoms with Gasteiger partial charge in [0, 0.05) is 13.2 Å². The number of aromatic nitrogens is 3. The number of carbonyl (C=O) groups excluding carboxylic acids is 1. The van der Waals surface area contributed by atoms with Crippen LogP contribution in [0.15, 0.2) is 24.4 Å². The molecule has 0 unspecified atom stereocenters. The Labute approximate surface area is 115 Å². The Morgan fingerprint density at radius 1 is 1.45 bits per heavy atom. The summed E-state index contributed by atoms with van der Waals surface area (Å²) in [6.07, 6.45) is 2.08. The van der Waals surface area contributed by atoms with Gasteiger partial charge in [-0.3, -0.25) is 9.48 Å². The maximum atomic E-state index is 12.1. The standard InChI is InChI=1S/C13H14N4O3/c1-3-8-7-10(17(2)16-8)12(18)15-9-5-4-6-14-11(9)13(19)20/h4-7H,3H2,1-2H3,(H,15,18)(H,19,20). The normalized spacial score (nSPS) is 10.3. The molecule has 2 N–H and O–H groups in total. The van der Waals surface area contributed by atoms with Gasteiger partial charge in [-0.1, -0.05) is 6.92 Å². The van der Waals surface area contributed by atoms with Crippen molar-refractivity contribution in [2.75, 3.05) is 5.32 Å². The van der Waals surface area contributed by atoms with E-state index >= 15 is 0 Å². The molecular formula is C13H14N4O3. The first kappa shape index (κ1) is 13.7. The van der Waals surface area contributed by atoms with Crippen LogP contribution in [0.4, 0.5) is 5.69 Å². The van der Waals surface area contributed by atoms with Crippen molar-refractivity contribution >= 4 is 17.6 Å². The number of carboxylic acid groups (broad SMARTS) is 1. The van der Waals surface area contributed by atoms with Crippen LogP contribution in [0.3, 0.4) is 0 Å². The number of aromatic carboxylic acids is 1. The molecule has 0 aliphatic carbocycles. The number of rotatable bonds is 4. The van der Waals surface area contributed by atoms with Crippen LogP contribution >= 0.6 is 0 Å². The predicted molar refractivity (Wildman–Crippen MR) is 71.7 cm³/mol. The zero-order valence-electron chi connectivity index (χ0n) is 11.1. The summed E-state index contributed by atoms with van der Waals surface area (Å²) < 4.78 is 1.46. The summed E-state index contributed by atoms with van der Waals surface area (Å²) in [4.78, 5) is 26.9.